The number of hydrogen-bond donors (Lipinski definition) is 2. The van der Waals surface area contributed by atoms with Gasteiger partial charge in [-0.1, -0.05) is 42.5 Å². The Morgan fingerprint density at radius 1 is 0.936 bits per heavy atom. The lowest BCUT2D eigenvalue weighted by Gasteiger charge is -2.42. The number of nitrogens with two attached hydrogens (primary N) is 1. The van der Waals surface area contributed by atoms with Crippen LogP contribution in [0, 0.1) is 0 Å². The van der Waals surface area contributed by atoms with Crippen molar-refractivity contribution < 1.29 is 14.6 Å². The van der Waals surface area contributed by atoms with Gasteiger partial charge in [0.1, 0.15) is 18.2 Å². The minimum atomic E-state index is 0.120. The van der Waals surface area contributed by atoms with Crippen LogP contribution in [-0.4, -0.2) is 82.2 Å². The standard InChI is InChI=1S/C38H40N6O3/c1-42-16-4-6-30(42)23-47-38-40-35-19-26(34-20-31(45)18-25-5-2-3-7-32(25)34)10-15-33(35)37(41-38)43-21-28-13-14-29(22-43)44(28)36(46)17-24-8-11-27(39)12-9-24/h2-3,5,7-12,15,18-20,28-30,45H,4,6,13-14,16-17,21-23,39H2,1H3/t28?,29?,30-/m0/s1. The molecule has 3 aliphatic heterocycles. The molecule has 3 N–H and O–H groups in total. The van der Waals surface area contributed by atoms with Crippen molar-refractivity contribution in [1.29, 1.82) is 0 Å². The van der Waals surface area contributed by atoms with Crippen LogP contribution >= 0.6 is 0 Å². The number of phenols is 1. The van der Waals surface area contributed by atoms with Crippen molar-refractivity contribution in [3.05, 3.63) is 84.4 Å². The maximum Gasteiger partial charge on any atom is 0.319 e. The molecule has 9 nitrogen and oxygen atoms in total. The van der Waals surface area contributed by atoms with E-state index in [0.29, 0.717) is 43.9 Å². The van der Waals surface area contributed by atoms with E-state index < -0.39 is 0 Å². The van der Waals surface area contributed by atoms with Crippen LogP contribution in [0.2, 0.25) is 0 Å². The number of aromatic hydroxyl groups is 1. The van der Waals surface area contributed by atoms with Gasteiger partial charge in [-0.2, -0.15) is 9.97 Å². The number of aromatic nitrogens is 2. The number of phenolic OH excluding ortho intramolecular Hbond substituents is 1. The van der Waals surface area contributed by atoms with Crippen molar-refractivity contribution >= 4 is 39.1 Å². The molecule has 3 saturated heterocycles. The van der Waals surface area contributed by atoms with E-state index >= 15 is 0 Å². The van der Waals surface area contributed by atoms with E-state index in [-0.39, 0.29) is 23.7 Å². The summed E-state index contributed by atoms with van der Waals surface area (Å²) in [7, 11) is 2.14. The second-order valence-corrected chi connectivity index (χ2v) is 13.4. The summed E-state index contributed by atoms with van der Waals surface area (Å²) in [6.45, 7) is 3.03. The normalized spacial score (nSPS) is 21.2. The fraction of sp³-hybridized carbons (Fsp3) is 0.342. The van der Waals surface area contributed by atoms with Crippen LogP contribution in [0.25, 0.3) is 32.8 Å². The fourth-order valence-electron chi connectivity index (χ4n) is 7.84. The number of ether oxygens (including phenoxy) is 1. The highest BCUT2D eigenvalue weighted by atomic mass is 16.5. The molecule has 240 valence electrons. The zero-order valence-electron chi connectivity index (χ0n) is 26.7. The Hall–Kier alpha value is -4.89. The average molecular weight is 629 g/mol. The lowest BCUT2D eigenvalue weighted by Crippen LogP contribution is -2.56. The molecule has 3 atom stereocenters. The van der Waals surface area contributed by atoms with Crippen LogP contribution in [0.4, 0.5) is 11.5 Å². The Morgan fingerprint density at radius 2 is 1.72 bits per heavy atom. The summed E-state index contributed by atoms with van der Waals surface area (Å²) in [5.41, 5.74) is 10.3. The van der Waals surface area contributed by atoms with Gasteiger partial charge in [-0.15, -0.1) is 0 Å². The number of amides is 1. The second-order valence-electron chi connectivity index (χ2n) is 13.4. The maximum atomic E-state index is 13.6. The highest BCUT2D eigenvalue weighted by molar-refractivity contribution is 6.01. The predicted octanol–water partition coefficient (Wildman–Crippen LogP) is 5.63. The quantitative estimate of drug-likeness (QED) is 0.223. The number of likely N-dealkylation sites (tertiary alicyclic amines) is 1. The Balaban J connectivity index is 1.13. The third kappa shape index (κ3) is 5.69. The zero-order chi connectivity index (χ0) is 32.1. The molecule has 5 aromatic rings. The van der Waals surface area contributed by atoms with E-state index in [0.717, 1.165) is 70.0 Å². The lowest BCUT2D eigenvalue weighted by molar-refractivity contribution is -0.133. The van der Waals surface area contributed by atoms with E-state index in [9.17, 15) is 9.90 Å². The summed E-state index contributed by atoms with van der Waals surface area (Å²) in [5.74, 6) is 1.24. The van der Waals surface area contributed by atoms with Crippen LogP contribution in [0.5, 0.6) is 11.8 Å². The minimum absolute atomic E-state index is 0.120. The topological polar surface area (TPSA) is 108 Å². The van der Waals surface area contributed by atoms with Gasteiger partial charge >= 0.3 is 6.01 Å². The maximum absolute atomic E-state index is 13.6. The van der Waals surface area contributed by atoms with E-state index in [2.05, 4.69) is 46.0 Å². The summed E-state index contributed by atoms with van der Waals surface area (Å²) >= 11 is 0. The summed E-state index contributed by atoms with van der Waals surface area (Å²) in [4.78, 5) is 30.3. The number of carbonyl (C=O) groups is 1. The van der Waals surface area contributed by atoms with Crippen molar-refractivity contribution in [3.8, 4) is 22.9 Å². The number of benzene rings is 4. The number of fused-ring (bicyclic) bond motifs is 4. The van der Waals surface area contributed by atoms with E-state index in [1.165, 1.54) is 6.42 Å². The molecule has 4 heterocycles. The number of hydrogen-bond acceptors (Lipinski definition) is 8. The predicted molar refractivity (Wildman–Crippen MR) is 186 cm³/mol. The highest BCUT2D eigenvalue weighted by Gasteiger charge is 2.43. The summed E-state index contributed by atoms with van der Waals surface area (Å²) in [5, 5.41) is 13.6. The van der Waals surface area contributed by atoms with Gasteiger partial charge < -0.3 is 30.3 Å². The third-order valence-electron chi connectivity index (χ3n) is 10.3. The van der Waals surface area contributed by atoms with Gasteiger partial charge in [0.15, 0.2) is 0 Å². The lowest BCUT2D eigenvalue weighted by atomic mass is 9.97. The van der Waals surface area contributed by atoms with Gasteiger partial charge in [0.25, 0.3) is 0 Å². The van der Waals surface area contributed by atoms with Crippen LogP contribution in [-0.2, 0) is 11.2 Å². The Labute approximate surface area is 274 Å². The number of anilines is 2. The first-order valence-corrected chi connectivity index (χ1v) is 16.7. The second kappa shape index (κ2) is 12.0. The Bertz CT molecular complexity index is 1950. The van der Waals surface area contributed by atoms with Gasteiger partial charge in [0.2, 0.25) is 5.91 Å². The molecule has 4 aromatic carbocycles. The fourth-order valence-corrected chi connectivity index (χ4v) is 7.84. The van der Waals surface area contributed by atoms with Gasteiger partial charge in [-0.25, -0.2) is 0 Å². The molecular weight excluding hydrogens is 588 g/mol. The van der Waals surface area contributed by atoms with Crippen molar-refractivity contribution in [2.75, 3.05) is 43.9 Å². The number of likely N-dealkylation sites (N-methyl/N-ethyl adjacent to an activating group) is 1. The number of carbonyl (C=O) groups excluding carboxylic acids is 1. The molecule has 1 amide bonds. The Morgan fingerprint density at radius 3 is 2.49 bits per heavy atom. The van der Waals surface area contributed by atoms with Gasteiger partial charge in [0, 0.05) is 42.3 Å². The first kappa shape index (κ1) is 29.5. The smallest absolute Gasteiger partial charge is 0.319 e. The molecule has 1 aromatic heterocycles. The van der Waals surface area contributed by atoms with Crippen LogP contribution < -0.4 is 15.4 Å². The summed E-state index contributed by atoms with van der Waals surface area (Å²) < 4.78 is 6.33. The SMILES string of the molecule is CN1CCC[C@H]1COc1nc(N2CC3CCC(C2)N3C(=O)Cc2ccc(N)cc2)c2ccc(-c3cc(O)cc4ccccc34)cc2n1. The average Bonchev–Trinajstić information content (AvgIpc) is 3.61. The molecule has 9 heteroatoms. The molecule has 8 rings (SSSR count). The van der Waals surface area contributed by atoms with Crippen molar-refractivity contribution in [2.45, 2.75) is 50.2 Å². The third-order valence-corrected chi connectivity index (χ3v) is 10.3. The number of nitrogen functional groups attached to an aromatic ring is 1. The molecule has 3 fully saturated rings. The summed E-state index contributed by atoms with van der Waals surface area (Å²) in [6, 6.07) is 26.5. The minimum Gasteiger partial charge on any atom is -0.508 e. The zero-order valence-corrected chi connectivity index (χ0v) is 26.7. The molecule has 0 spiro atoms. The van der Waals surface area contributed by atoms with Gasteiger partial charge in [0.05, 0.1) is 11.9 Å². The van der Waals surface area contributed by atoms with Crippen LogP contribution in [0.1, 0.15) is 31.2 Å². The molecule has 0 aliphatic carbocycles. The van der Waals surface area contributed by atoms with E-state index in [1.807, 2.05) is 48.5 Å². The summed E-state index contributed by atoms with van der Waals surface area (Å²) in [6.07, 6.45) is 4.60. The van der Waals surface area contributed by atoms with Gasteiger partial charge in [-0.05, 0) is 103 Å². The molecule has 2 bridgehead atoms. The molecule has 47 heavy (non-hydrogen) atoms. The largest absolute Gasteiger partial charge is 0.508 e. The monoisotopic (exact) mass is 628 g/mol. The first-order chi connectivity index (χ1) is 22.9. The molecule has 0 saturated carbocycles. The van der Waals surface area contributed by atoms with Crippen molar-refractivity contribution in [3.63, 3.8) is 0 Å². The highest BCUT2D eigenvalue weighted by Crippen LogP contribution is 2.38. The Kier molecular flexibility index (Phi) is 7.56. The number of nitrogens with zero attached hydrogens (tertiary/aromatic N) is 5. The van der Waals surface area contributed by atoms with Gasteiger partial charge in [-0.3, -0.25) is 4.79 Å². The molecule has 3 aliphatic rings. The molecule has 2 unspecified atom stereocenters. The van der Waals surface area contributed by atoms with E-state index in [4.69, 9.17) is 20.4 Å². The first-order valence-electron chi connectivity index (χ1n) is 16.7. The van der Waals surface area contributed by atoms with Crippen molar-refractivity contribution in [2.24, 2.45) is 0 Å². The molecular formula is C38H40N6O3. The van der Waals surface area contributed by atoms with Crippen molar-refractivity contribution in [1.82, 2.24) is 19.8 Å². The van der Waals surface area contributed by atoms with Crippen LogP contribution in [0.15, 0.2) is 78.9 Å². The number of rotatable bonds is 7. The number of piperazine rings is 1. The van der Waals surface area contributed by atoms with Crippen LogP contribution in [0.3, 0.4) is 0 Å². The van der Waals surface area contributed by atoms with E-state index in [1.54, 1.807) is 6.07 Å². The molecule has 0 radical (unpaired) electrons.